The lowest BCUT2D eigenvalue weighted by molar-refractivity contribution is -0.136. The highest BCUT2D eigenvalue weighted by molar-refractivity contribution is 6.05. The number of carbonyl (C=O) groups is 2. The maximum absolute atomic E-state index is 13.1. The molecule has 1 fully saturated rings. The van der Waals surface area contributed by atoms with Crippen LogP contribution < -0.4 is 5.32 Å². The number of pyridine rings is 1. The number of carbonyl (C=O) groups excluding carboxylic acids is 2. The second-order valence-electron chi connectivity index (χ2n) is 6.90. The molecule has 1 N–H and O–H groups in total. The van der Waals surface area contributed by atoms with E-state index < -0.39 is 17.6 Å². The van der Waals surface area contributed by atoms with Crippen LogP contribution in [-0.2, 0) is 6.18 Å². The summed E-state index contributed by atoms with van der Waals surface area (Å²) in [6, 6.07) is 7.52. The number of benzene rings is 1. The maximum Gasteiger partial charge on any atom is 0.418 e. The largest absolute Gasteiger partial charge is 0.418 e. The van der Waals surface area contributed by atoms with Crippen molar-refractivity contribution < 1.29 is 22.8 Å². The Kier molecular flexibility index (Phi) is 5.67. The van der Waals surface area contributed by atoms with Gasteiger partial charge in [0.25, 0.3) is 11.8 Å². The first kappa shape index (κ1) is 19.9. The lowest BCUT2D eigenvalue weighted by Gasteiger charge is -2.30. The lowest BCUT2D eigenvalue weighted by atomic mass is 9.98. The van der Waals surface area contributed by atoms with Crippen molar-refractivity contribution in [3.05, 3.63) is 59.4 Å². The number of hydrogen-bond donors (Lipinski definition) is 1. The van der Waals surface area contributed by atoms with Gasteiger partial charge in [-0.3, -0.25) is 14.6 Å². The molecule has 1 aliphatic heterocycles. The number of anilines is 1. The van der Waals surface area contributed by atoms with Gasteiger partial charge >= 0.3 is 6.18 Å². The number of amides is 2. The van der Waals surface area contributed by atoms with E-state index in [1.807, 2.05) is 0 Å². The first-order valence-corrected chi connectivity index (χ1v) is 8.98. The third-order valence-electron chi connectivity index (χ3n) is 4.79. The molecule has 0 radical (unpaired) electrons. The van der Waals surface area contributed by atoms with Gasteiger partial charge < -0.3 is 10.2 Å². The number of nitrogens with one attached hydrogen (secondary N) is 1. The Labute approximate surface area is 160 Å². The van der Waals surface area contributed by atoms with Gasteiger partial charge in [-0.2, -0.15) is 13.2 Å². The molecule has 2 heterocycles. The number of nitrogens with zero attached hydrogens (tertiary/aromatic N) is 2. The summed E-state index contributed by atoms with van der Waals surface area (Å²) >= 11 is 0. The molecule has 1 saturated heterocycles. The first-order valence-electron chi connectivity index (χ1n) is 8.98. The van der Waals surface area contributed by atoms with Crippen molar-refractivity contribution in [3.63, 3.8) is 0 Å². The molecule has 0 spiro atoms. The molecule has 1 aromatic carbocycles. The van der Waals surface area contributed by atoms with E-state index >= 15 is 0 Å². The molecule has 3 rings (SSSR count). The van der Waals surface area contributed by atoms with Crippen molar-refractivity contribution in [1.82, 2.24) is 9.88 Å². The summed E-state index contributed by atoms with van der Waals surface area (Å²) in [5, 5.41) is 2.24. The number of rotatable bonds is 3. The van der Waals surface area contributed by atoms with E-state index in [9.17, 15) is 22.8 Å². The van der Waals surface area contributed by atoms with Gasteiger partial charge in [0.2, 0.25) is 0 Å². The quantitative estimate of drug-likeness (QED) is 0.852. The van der Waals surface area contributed by atoms with Crippen molar-refractivity contribution in [2.24, 2.45) is 5.92 Å². The monoisotopic (exact) mass is 391 g/mol. The van der Waals surface area contributed by atoms with E-state index in [1.165, 1.54) is 36.5 Å². The number of alkyl halides is 3. The van der Waals surface area contributed by atoms with Crippen LogP contribution in [0.3, 0.4) is 0 Å². The van der Waals surface area contributed by atoms with E-state index in [4.69, 9.17) is 0 Å². The zero-order valence-corrected chi connectivity index (χ0v) is 15.3. The molecule has 8 heteroatoms. The summed E-state index contributed by atoms with van der Waals surface area (Å²) in [6.07, 6.45) is -1.46. The fourth-order valence-corrected chi connectivity index (χ4v) is 3.11. The maximum atomic E-state index is 13.1. The zero-order chi connectivity index (χ0) is 20.3. The molecular formula is C20H20F3N3O2. The Bertz CT molecular complexity index is 875. The third-order valence-corrected chi connectivity index (χ3v) is 4.79. The van der Waals surface area contributed by atoms with E-state index in [2.05, 4.69) is 17.2 Å². The Hall–Kier alpha value is -2.90. The van der Waals surface area contributed by atoms with Gasteiger partial charge in [0.05, 0.1) is 11.3 Å². The lowest BCUT2D eigenvalue weighted by Crippen LogP contribution is -2.38. The smallest absolute Gasteiger partial charge is 0.339 e. The molecule has 0 atom stereocenters. The van der Waals surface area contributed by atoms with Crippen molar-refractivity contribution in [1.29, 1.82) is 0 Å². The zero-order valence-electron chi connectivity index (χ0n) is 15.3. The average Bonchev–Trinajstić information content (AvgIpc) is 2.68. The Morgan fingerprint density at radius 3 is 2.50 bits per heavy atom. The number of para-hydroxylation sites is 1. The van der Waals surface area contributed by atoms with Crippen molar-refractivity contribution in [3.8, 4) is 0 Å². The van der Waals surface area contributed by atoms with Gasteiger partial charge in [-0.25, -0.2) is 0 Å². The number of likely N-dealkylation sites (tertiary alicyclic amines) is 1. The minimum Gasteiger partial charge on any atom is -0.339 e. The minimum atomic E-state index is -4.60. The second kappa shape index (κ2) is 8.00. The highest BCUT2D eigenvalue weighted by Gasteiger charge is 2.33. The minimum absolute atomic E-state index is 0.117. The van der Waals surface area contributed by atoms with Gasteiger partial charge in [0.15, 0.2) is 0 Å². The summed E-state index contributed by atoms with van der Waals surface area (Å²) in [4.78, 5) is 30.7. The van der Waals surface area contributed by atoms with E-state index in [0.717, 1.165) is 18.9 Å². The SMILES string of the molecule is CC1CCN(C(=O)c2ccnc(C(=O)Nc3ccccc3C(F)(F)F)c2)CC1. The Morgan fingerprint density at radius 2 is 1.82 bits per heavy atom. The molecule has 5 nitrogen and oxygen atoms in total. The number of piperidine rings is 1. The summed E-state index contributed by atoms with van der Waals surface area (Å²) in [7, 11) is 0. The highest BCUT2D eigenvalue weighted by Crippen LogP contribution is 2.34. The van der Waals surface area contributed by atoms with Gasteiger partial charge in [-0.05, 0) is 43.0 Å². The molecule has 0 bridgehead atoms. The Morgan fingerprint density at radius 1 is 1.14 bits per heavy atom. The molecule has 28 heavy (non-hydrogen) atoms. The van der Waals surface area contributed by atoms with Crippen LogP contribution in [0.5, 0.6) is 0 Å². The van der Waals surface area contributed by atoms with Crippen molar-refractivity contribution in [2.75, 3.05) is 18.4 Å². The number of halogens is 3. The fraction of sp³-hybridized carbons (Fsp3) is 0.350. The van der Waals surface area contributed by atoms with Crippen LogP contribution in [0.1, 0.15) is 46.2 Å². The molecule has 0 aliphatic carbocycles. The first-order chi connectivity index (χ1) is 13.3. The van der Waals surface area contributed by atoms with Gasteiger partial charge in [-0.1, -0.05) is 19.1 Å². The summed E-state index contributed by atoms with van der Waals surface area (Å²) < 4.78 is 39.3. The molecule has 148 valence electrons. The normalized spacial score (nSPS) is 15.4. The summed E-state index contributed by atoms with van der Waals surface area (Å²) in [5.74, 6) is -0.450. The standard InChI is InChI=1S/C20H20F3N3O2/c1-13-7-10-26(11-8-13)19(28)14-6-9-24-17(12-14)18(27)25-16-5-3-2-4-15(16)20(21,22)23/h2-6,9,12-13H,7-8,10-11H2,1H3,(H,25,27). The van der Waals surface area contributed by atoms with Crippen molar-refractivity contribution in [2.45, 2.75) is 25.9 Å². The number of aromatic nitrogens is 1. The predicted octanol–water partition coefficient (Wildman–Crippen LogP) is 4.22. The third kappa shape index (κ3) is 4.49. The molecular weight excluding hydrogens is 371 g/mol. The Balaban J connectivity index is 1.77. The molecule has 2 aromatic rings. The van der Waals surface area contributed by atoms with Gasteiger partial charge in [-0.15, -0.1) is 0 Å². The van der Waals surface area contributed by atoms with Crippen LogP contribution in [0.25, 0.3) is 0 Å². The predicted molar refractivity (Wildman–Crippen MR) is 97.9 cm³/mol. The highest BCUT2D eigenvalue weighted by atomic mass is 19.4. The van der Waals surface area contributed by atoms with Crippen LogP contribution >= 0.6 is 0 Å². The van der Waals surface area contributed by atoms with Gasteiger partial charge in [0.1, 0.15) is 5.69 Å². The average molecular weight is 391 g/mol. The fourth-order valence-electron chi connectivity index (χ4n) is 3.11. The van der Waals surface area contributed by atoms with Crippen molar-refractivity contribution >= 4 is 17.5 Å². The number of hydrogen-bond acceptors (Lipinski definition) is 3. The topological polar surface area (TPSA) is 62.3 Å². The van der Waals surface area contributed by atoms with Crippen LogP contribution in [0.15, 0.2) is 42.6 Å². The second-order valence-corrected chi connectivity index (χ2v) is 6.90. The van der Waals surface area contributed by atoms with E-state index in [0.29, 0.717) is 24.6 Å². The summed E-state index contributed by atoms with van der Waals surface area (Å²) in [5.41, 5.74) is -1.13. The van der Waals surface area contributed by atoms with Gasteiger partial charge in [0, 0.05) is 24.8 Å². The van der Waals surface area contributed by atoms with Crippen LogP contribution in [-0.4, -0.2) is 34.8 Å². The van der Waals surface area contributed by atoms with Crippen LogP contribution in [0.4, 0.5) is 18.9 Å². The van der Waals surface area contributed by atoms with Crippen LogP contribution in [0, 0.1) is 5.92 Å². The van der Waals surface area contributed by atoms with E-state index in [1.54, 1.807) is 4.90 Å². The van der Waals surface area contributed by atoms with E-state index in [-0.39, 0.29) is 17.3 Å². The molecule has 0 unspecified atom stereocenters. The molecule has 0 saturated carbocycles. The molecule has 1 aromatic heterocycles. The molecule has 2 amide bonds. The van der Waals surface area contributed by atoms with Crippen LogP contribution in [0.2, 0.25) is 0 Å². The molecule has 1 aliphatic rings. The summed E-state index contributed by atoms with van der Waals surface area (Å²) in [6.45, 7) is 3.42.